The molecule has 2 fully saturated rings. The lowest BCUT2D eigenvalue weighted by molar-refractivity contribution is -0.143. The van der Waals surface area contributed by atoms with Gasteiger partial charge >= 0.3 is 0 Å². The number of hydrogen-bond donors (Lipinski definition) is 7. The predicted molar refractivity (Wildman–Crippen MR) is 194 cm³/mol. The zero-order valence-corrected chi connectivity index (χ0v) is 31.2. The van der Waals surface area contributed by atoms with E-state index in [0.717, 1.165) is 0 Å². The number of rotatable bonds is 9. The first-order chi connectivity index (χ1) is 24.7. The number of primary amides is 1. The molecule has 3 rings (SSSR count). The molecule has 17 heteroatoms. The predicted octanol–water partition coefficient (Wildman–Crippen LogP) is -1.14. The lowest BCUT2D eigenvalue weighted by atomic mass is 9.96. The quantitative estimate of drug-likeness (QED) is 0.162. The summed E-state index contributed by atoms with van der Waals surface area (Å²) in [6.07, 6.45) is 2.72. The summed E-state index contributed by atoms with van der Waals surface area (Å²) in [5, 5.41) is 15.7. The van der Waals surface area contributed by atoms with Crippen molar-refractivity contribution in [3.63, 3.8) is 0 Å². The van der Waals surface area contributed by atoms with Gasteiger partial charge in [0.15, 0.2) is 0 Å². The van der Waals surface area contributed by atoms with Crippen molar-refractivity contribution in [1.82, 2.24) is 36.8 Å². The Labute approximate surface area is 308 Å². The van der Waals surface area contributed by atoms with Crippen LogP contribution in [0.2, 0.25) is 0 Å². The zero-order valence-electron chi connectivity index (χ0n) is 30.4. The summed E-state index contributed by atoms with van der Waals surface area (Å²) in [5.74, 6) is -5.59. The first-order valence-corrected chi connectivity index (χ1v) is 19.0. The van der Waals surface area contributed by atoms with Crippen LogP contribution < -0.4 is 37.6 Å². The number of fused-ring (bicyclic) bond motifs is 1. The third kappa shape index (κ3) is 11.7. The van der Waals surface area contributed by atoms with Gasteiger partial charge in [-0.3, -0.25) is 38.4 Å². The van der Waals surface area contributed by atoms with Crippen molar-refractivity contribution in [3.8, 4) is 0 Å². The molecule has 0 saturated carbocycles. The van der Waals surface area contributed by atoms with Crippen LogP contribution in [-0.4, -0.2) is 113 Å². The Morgan fingerprint density at radius 1 is 0.808 bits per heavy atom. The number of thioether (sulfide) groups is 1. The lowest BCUT2D eigenvalue weighted by Gasteiger charge is -2.32. The van der Waals surface area contributed by atoms with Crippen molar-refractivity contribution < 1.29 is 38.4 Å². The van der Waals surface area contributed by atoms with Crippen LogP contribution in [0.1, 0.15) is 65.4 Å². The first-order valence-electron chi connectivity index (χ1n) is 17.6. The van der Waals surface area contributed by atoms with Gasteiger partial charge in [0, 0.05) is 13.0 Å². The maximum absolute atomic E-state index is 14.1. The van der Waals surface area contributed by atoms with E-state index in [2.05, 4.69) is 31.9 Å². The molecular weight excluding hydrogens is 692 g/mol. The van der Waals surface area contributed by atoms with Crippen molar-refractivity contribution >= 4 is 59.0 Å². The molecule has 2 aliphatic rings. The molecule has 2 saturated heterocycles. The molecule has 286 valence electrons. The Kier molecular flexibility index (Phi) is 15.9. The van der Waals surface area contributed by atoms with Gasteiger partial charge < -0.3 is 42.5 Å². The van der Waals surface area contributed by atoms with Gasteiger partial charge in [-0.25, -0.2) is 0 Å². The SMILES string of the molecule is CC[C@H](C)[C@H]1NC(=O)[C@H](C)NC(=O)[C@H](CCSC)NC(=O)[C@H](C)NC(=O)[C@H](CC(N)=O)NC(=O)[C@H](Cc2ccccc2)NC(=O)[C@@H]2CCCN2C1=O. The number of amides is 8. The Balaban J connectivity index is 2.05. The standard InChI is InChI=1S/C35H52N8O8S/c1-6-19(2)28-35(51)43-15-10-13-26(43)34(50)41-24(17-22-11-8-7-9-12-22)33(49)40-25(18-27(36)44)32(48)38-20(3)29(45)39-23(14-16-52-5)31(47)37-21(4)30(46)42-28/h7-9,11-12,19-21,23-26,28H,6,10,13-18H2,1-5H3,(H2,36,44)(H,37,47)(H,38,48)(H,39,45)(H,40,49)(H,41,50)(H,42,46)/t19-,20-,21-,23-,24-,25-,26-,28+/m0/s1. The molecule has 0 aromatic heterocycles. The van der Waals surface area contributed by atoms with E-state index in [9.17, 15) is 38.4 Å². The maximum atomic E-state index is 14.1. The Hall–Kier alpha value is -4.67. The van der Waals surface area contributed by atoms with E-state index >= 15 is 0 Å². The maximum Gasteiger partial charge on any atom is 0.246 e. The van der Waals surface area contributed by atoms with Crippen molar-refractivity contribution in [2.75, 3.05) is 18.6 Å². The van der Waals surface area contributed by atoms with Gasteiger partial charge in [0.1, 0.15) is 42.3 Å². The highest BCUT2D eigenvalue weighted by atomic mass is 32.2. The monoisotopic (exact) mass is 744 g/mol. The molecule has 2 heterocycles. The summed E-state index contributed by atoms with van der Waals surface area (Å²) in [7, 11) is 0. The van der Waals surface area contributed by atoms with Crippen LogP contribution >= 0.6 is 11.8 Å². The summed E-state index contributed by atoms with van der Waals surface area (Å²) in [6, 6.07) is 0.650. The molecule has 1 aromatic carbocycles. The molecule has 0 radical (unpaired) electrons. The summed E-state index contributed by atoms with van der Waals surface area (Å²) in [5.41, 5.74) is 6.11. The van der Waals surface area contributed by atoms with Crippen LogP contribution in [0.3, 0.4) is 0 Å². The number of benzene rings is 1. The summed E-state index contributed by atoms with van der Waals surface area (Å²) in [4.78, 5) is 109. The summed E-state index contributed by atoms with van der Waals surface area (Å²) in [6.45, 7) is 6.71. The Morgan fingerprint density at radius 3 is 1.96 bits per heavy atom. The van der Waals surface area contributed by atoms with Crippen LogP contribution in [0.25, 0.3) is 0 Å². The summed E-state index contributed by atoms with van der Waals surface area (Å²) < 4.78 is 0. The second kappa shape index (κ2) is 19.8. The number of carbonyl (C=O) groups is 8. The van der Waals surface area contributed by atoms with Gasteiger partial charge in [-0.05, 0) is 56.6 Å². The van der Waals surface area contributed by atoms with Gasteiger partial charge in [-0.15, -0.1) is 0 Å². The highest BCUT2D eigenvalue weighted by molar-refractivity contribution is 7.98. The topological polar surface area (TPSA) is 238 Å². The molecule has 0 unspecified atom stereocenters. The normalized spacial score (nSPS) is 27.8. The van der Waals surface area contributed by atoms with Crippen LogP contribution in [-0.2, 0) is 44.8 Å². The minimum Gasteiger partial charge on any atom is -0.370 e. The molecule has 2 aliphatic heterocycles. The molecule has 8 atom stereocenters. The van der Waals surface area contributed by atoms with E-state index in [0.29, 0.717) is 30.6 Å². The number of nitrogens with two attached hydrogens (primary N) is 1. The van der Waals surface area contributed by atoms with Crippen LogP contribution in [0.15, 0.2) is 30.3 Å². The van der Waals surface area contributed by atoms with Crippen molar-refractivity contribution in [2.24, 2.45) is 11.7 Å². The smallest absolute Gasteiger partial charge is 0.246 e. The molecule has 8 amide bonds. The van der Waals surface area contributed by atoms with E-state index in [1.807, 2.05) is 13.2 Å². The third-order valence-electron chi connectivity index (χ3n) is 9.32. The molecule has 1 aromatic rings. The number of carbonyl (C=O) groups excluding carboxylic acids is 8. The van der Waals surface area contributed by atoms with Gasteiger partial charge in [-0.1, -0.05) is 50.6 Å². The lowest BCUT2D eigenvalue weighted by Crippen LogP contribution is -2.60. The fourth-order valence-electron chi connectivity index (χ4n) is 6.01. The van der Waals surface area contributed by atoms with E-state index in [4.69, 9.17) is 5.73 Å². The first kappa shape index (κ1) is 41.7. The number of hydrogen-bond acceptors (Lipinski definition) is 9. The minimum atomic E-state index is -1.51. The fourth-order valence-corrected chi connectivity index (χ4v) is 6.48. The van der Waals surface area contributed by atoms with E-state index in [1.165, 1.54) is 30.5 Å². The van der Waals surface area contributed by atoms with Crippen LogP contribution in [0, 0.1) is 5.92 Å². The highest BCUT2D eigenvalue weighted by Gasteiger charge is 2.41. The number of nitrogens with zero attached hydrogens (tertiary/aromatic N) is 1. The zero-order chi connectivity index (χ0) is 38.5. The fraction of sp³-hybridized carbons (Fsp3) is 0.600. The molecular formula is C35H52N8O8S. The Morgan fingerprint density at radius 2 is 1.37 bits per heavy atom. The van der Waals surface area contributed by atoms with Gasteiger partial charge in [0.25, 0.3) is 0 Å². The Bertz CT molecular complexity index is 1480. The summed E-state index contributed by atoms with van der Waals surface area (Å²) >= 11 is 1.44. The van der Waals surface area contributed by atoms with Crippen LogP contribution in [0.4, 0.5) is 0 Å². The molecule has 52 heavy (non-hydrogen) atoms. The molecule has 0 spiro atoms. The second-order valence-electron chi connectivity index (χ2n) is 13.3. The van der Waals surface area contributed by atoms with Gasteiger partial charge in [0.2, 0.25) is 47.3 Å². The highest BCUT2D eigenvalue weighted by Crippen LogP contribution is 2.22. The second-order valence-corrected chi connectivity index (χ2v) is 14.3. The van der Waals surface area contributed by atoms with E-state index in [-0.39, 0.29) is 25.3 Å². The molecule has 8 N–H and O–H groups in total. The third-order valence-corrected chi connectivity index (χ3v) is 9.96. The largest absolute Gasteiger partial charge is 0.370 e. The average Bonchev–Trinajstić information content (AvgIpc) is 3.61. The minimum absolute atomic E-state index is 0.00466. The van der Waals surface area contributed by atoms with Crippen molar-refractivity contribution in [1.29, 1.82) is 0 Å². The van der Waals surface area contributed by atoms with Gasteiger partial charge in [0.05, 0.1) is 6.42 Å². The molecule has 0 aliphatic carbocycles. The van der Waals surface area contributed by atoms with Crippen molar-refractivity contribution in [3.05, 3.63) is 35.9 Å². The molecule has 16 nitrogen and oxygen atoms in total. The number of nitrogens with one attached hydrogen (secondary N) is 6. The molecule has 0 bridgehead atoms. The van der Waals surface area contributed by atoms with E-state index < -0.39 is 96.0 Å². The van der Waals surface area contributed by atoms with Crippen LogP contribution in [0.5, 0.6) is 0 Å². The average molecular weight is 745 g/mol. The van der Waals surface area contributed by atoms with Gasteiger partial charge in [-0.2, -0.15) is 11.8 Å². The van der Waals surface area contributed by atoms with E-state index in [1.54, 1.807) is 37.3 Å². The van der Waals surface area contributed by atoms with Crippen molar-refractivity contribution in [2.45, 2.75) is 109 Å².